The molecule has 2 heterocycles. The van der Waals surface area contributed by atoms with Gasteiger partial charge in [0.1, 0.15) is 5.82 Å². The van der Waals surface area contributed by atoms with Gasteiger partial charge in [-0.25, -0.2) is 10.5 Å². The number of rotatable bonds is 7. The Labute approximate surface area is 182 Å². The van der Waals surface area contributed by atoms with E-state index in [-0.39, 0.29) is 6.04 Å². The van der Waals surface area contributed by atoms with Crippen LogP contribution in [-0.4, -0.2) is 40.1 Å². The van der Waals surface area contributed by atoms with Crippen molar-refractivity contribution < 1.29 is 10.0 Å². The maximum Gasteiger partial charge on any atom is 0.267 e. The molecular weight excluding hydrogens is 388 g/mol. The van der Waals surface area contributed by atoms with Gasteiger partial charge in [-0.15, -0.1) is 0 Å². The summed E-state index contributed by atoms with van der Waals surface area (Å²) in [4.78, 5) is 18.1. The molecule has 0 bridgehead atoms. The topological polar surface area (TPSA) is 77.5 Å². The Morgan fingerprint density at radius 3 is 2.29 bits per heavy atom. The van der Waals surface area contributed by atoms with E-state index in [1.54, 1.807) is 17.8 Å². The third kappa shape index (κ3) is 5.36. The Bertz CT molecular complexity index is 967. The fraction of sp³-hybridized carbons (Fsp3) is 0.200. The van der Waals surface area contributed by atoms with Crippen LogP contribution in [0.15, 0.2) is 85.1 Å². The van der Waals surface area contributed by atoms with Crippen molar-refractivity contribution in [2.24, 2.45) is 0 Å². The molecule has 1 saturated heterocycles. The number of likely N-dealkylation sites (tertiary alicyclic amines) is 1. The van der Waals surface area contributed by atoms with E-state index in [0.29, 0.717) is 6.04 Å². The molecule has 1 aliphatic rings. The minimum Gasteiger partial charge on any atom is -0.366 e. The normalized spacial score (nSPS) is 16.6. The molecule has 1 aromatic heterocycles. The first-order valence-electron chi connectivity index (χ1n) is 10.4. The first kappa shape index (κ1) is 20.8. The summed E-state index contributed by atoms with van der Waals surface area (Å²) in [6, 6.07) is 25.6. The van der Waals surface area contributed by atoms with Gasteiger partial charge in [0.15, 0.2) is 0 Å². The van der Waals surface area contributed by atoms with Gasteiger partial charge in [-0.3, -0.25) is 14.9 Å². The van der Waals surface area contributed by atoms with Crippen LogP contribution in [0, 0.1) is 0 Å². The second-order valence-electron chi connectivity index (χ2n) is 7.63. The van der Waals surface area contributed by atoms with E-state index < -0.39 is 5.91 Å². The molecule has 3 aromatic rings. The van der Waals surface area contributed by atoms with Crippen molar-refractivity contribution in [2.45, 2.75) is 18.5 Å². The van der Waals surface area contributed by atoms with Gasteiger partial charge in [0.25, 0.3) is 5.91 Å². The van der Waals surface area contributed by atoms with Crippen LogP contribution in [-0.2, 0) is 4.79 Å². The zero-order chi connectivity index (χ0) is 21.5. The Morgan fingerprint density at radius 1 is 1.03 bits per heavy atom. The van der Waals surface area contributed by atoms with Gasteiger partial charge in [0.2, 0.25) is 0 Å². The third-order valence-electron chi connectivity index (χ3n) is 5.49. The molecule has 0 radical (unpaired) electrons. The maximum atomic E-state index is 11.1. The minimum absolute atomic E-state index is 0.229. The van der Waals surface area contributed by atoms with E-state index in [1.165, 1.54) is 17.2 Å². The molecule has 2 aromatic carbocycles. The molecule has 1 aliphatic heterocycles. The summed E-state index contributed by atoms with van der Waals surface area (Å²) in [5, 5.41) is 12.1. The number of pyridine rings is 1. The molecule has 6 heteroatoms. The SMILES string of the molecule is O=C(C=Cc1ccc(N[C@@H]2CCN(C(c3ccccc3)c3ccccc3)C2)nc1)NO. The van der Waals surface area contributed by atoms with Crippen molar-refractivity contribution >= 4 is 17.8 Å². The number of nitrogens with one attached hydrogen (secondary N) is 2. The molecule has 158 valence electrons. The molecule has 4 rings (SSSR count). The van der Waals surface area contributed by atoms with Gasteiger partial charge in [0.05, 0.1) is 6.04 Å². The molecule has 31 heavy (non-hydrogen) atoms. The summed E-state index contributed by atoms with van der Waals surface area (Å²) in [7, 11) is 0. The summed E-state index contributed by atoms with van der Waals surface area (Å²) in [5.41, 5.74) is 4.96. The predicted octanol–water partition coefficient (Wildman–Crippen LogP) is 3.88. The Balaban J connectivity index is 1.43. The minimum atomic E-state index is -0.570. The molecule has 0 saturated carbocycles. The van der Waals surface area contributed by atoms with Crippen LogP contribution in [0.4, 0.5) is 5.82 Å². The largest absolute Gasteiger partial charge is 0.366 e. The highest BCUT2D eigenvalue weighted by Crippen LogP contribution is 2.32. The molecule has 0 aliphatic carbocycles. The van der Waals surface area contributed by atoms with Gasteiger partial charge in [-0.1, -0.05) is 60.7 Å². The van der Waals surface area contributed by atoms with Gasteiger partial charge in [-0.05, 0) is 41.3 Å². The second kappa shape index (κ2) is 10.0. The van der Waals surface area contributed by atoms with Crippen LogP contribution < -0.4 is 10.8 Å². The first-order chi connectivity index (χ1) is 15.2. The molecular formula is C25H26N4O2. The number of nitrogens with zero attached hydrogens (tertiary/aromatic N) is 2. The van der Waals surface area contributed by atoms with Crippen molar-refractivity contribution in [2.75, 3.05) is 18.4 Å². The third-order valence-corrected chi connectivity index (χ3v) is 5.49. The quantitative estimate of drug-likeness (QED) is 0.311. The standard InChI is InChI=1S/C25H26N4O2/c30-24(28-31)14-12-19-11-13-23(26-17-19)27-22-15-16-29(18-22)25(20-7-3-1-4-8-20)21-9-5-2-6-10-21/h1-14,17,22,25,31H,15-16,18H2,(H,26,27)(H,28,30)/t22-/m1/s1. The lowest BCUT2D eigenvalue weighted by atomic mass is 9.97. The van der Waals surface area contributed by atoms with Crippen LogP contribution in [0.1, 0.15) is 29.2 Å². The van der Waals surface area contributed by atoms with Crippen LogP contribution in [0.3, 0.4) is 0 Å². The van der Waals surface area contributed by atoms with Crippen LogP contribution in [0.2, 0.25) is 0 Å². The van der Waals surface area contributed by atoms with Crippen molar-refractivity contribution in [1.29, 1.82) is 0 Å². The van der Waals surface area contributed by atoms with Gasteiger partial charge in [0, 0.05) is 31.4 Å². The fourth-order valence-corrected chi connectivity index (χ4v) is 4.03. The van der Waals surface area contributed by atoms with Crippen molar-refractivity contribution in [3.63, 3.8) is 0 Å². The van der Waals surface area contributed by atoms with Crippen molar-refractivity contribution in [1.82, 2.24) is 15.4 Å². The second-order valence-corrected chi connectivity index (χ2v) is 7.63. The van der Waals surface area contributed by atoms with E-state index >= 15 is 0 Å². The molecule has 1 fully saturated rings. The number of aromatic nitrogens is 1. The van der Waals surface area contributed by atoms with Crippen LogP contribution in [0.5, 0.6) is 0 Å². The van der Waals surface area contributed by atoms with E-state index in [9.17, 15) is 4.79 Å². The first-order valence-corrected chi connectivity index (χ1v) is 10.4. The zero-order valence-corrected chi connectivity index (χ0v) is 17.2. The Kier molecular flexibility index (Phi) is 6.72. The van der Waals surface area contributed by atoms with E-state index in [2.05, 4.69) is 75.9 Å². The number of carbonyl (C=O) groups excluding carboxylic acids is 1. The summed E-state index contributed by atoms with van der Waals surface area (Å²) >= 11 is 0. The molecule has 1 atom stereocenters. The molecule has 3 N–H and O–H groups in total. The van der Waals surface area contributed by atoms with E-state index in [0.717, 1.165) is 30.9 Å². The molecule has 0 unspecified atom stereocenters. The number of anilines is 1. The molecule has 0 spiro atoms. The van der Waals surface area contributed by atoms with Crippen LogP contribution in [0.25, 0.3) is 6.08 Å². The fourth-order valence-electron chi connectivity index (χ4n) is 4.03. The van der Waals surface area contributed by atoms with Gasteiger partial charge < -0.3 is 5.32 Å². The highest BCUT2D eigenvalue weighted by Gasteiger charge is 2.30. The van der Waals surface area contributed by atoms with Gasteiger partial charge >= 0.3 is 0 Å². The van der Waals surface area contributed by atoms with Crippen molar-refractivity contribution in [3.8, 4) is 0 Å². The highest BCUT2D eigenvalue weighted by atomic mass is 16.5. The maximum absolute atomic E-state index is 11.1. The number of benzene rings is 2. The lowest BCUT2D eigenvalue weighted by molar-refractivity contribution is -0.124. The zero-order valence-electron chi connectivity index (χ0n) is 17.2. The van der Waals surface area contributed by atoms with E-state index in [1.807, 2.05) is 12.1 Å². The van der Waals surface area contributed by atoms with Gasteiger partial charge in [-0.2, -0.15) is 0 Å². The van der Waals surface area contributed by atoms with Crippen LogP contribution >= 0.6 is 0 Å². The summed E-state index contributed by atoms with van der Waals surface area (Å²) in [6.07, 6.45) is 5.60. The number of hydroxylamine groups is 1. The number of hydrogen-bond donors (Lipinski definition) is 3. The molecule has 6 nitrogen and oxygen atoms in total. The average Bonchev–Trinajstić information content (AvgIpc) is 3.27. The number of carbonyl (C=O) groups is 1. The monoisotopic (exact) mass is 414 g/mol. The average molecular weight is 415 g/mol. The smallest absolute Gasteiger partial charge is 0.267 e. The Morgan fingerprint density at radius 2 is 1.71 bits per heavy atom. The summed E-state index contributed by atoms with van der Waals surface area (Å²) in [6.45, 7) is 1.93. The van der Waals surface area contributed by atoms with Crippen molar-refractivity contribution in [3.05, 3.63) is 102 Å². The Hall–Kier alpha value is -3.48. The highest BCUT2D eigenvalue weighted by molar-refractivity contribution is 5.90. The summed E-state index contributed by atoms with van der Waals surface area (Å²) < 4.78 is 0. The molecule has 1 amide bonds. The number of hydrogen-bond acceptors (Lipinski definition) is 5. The lowest BCUT2D eigenvalue weighted by Crippen LogP contribution is -2.30. The lowest BCUT2D eigenvalue weighted by Gasteiger charge is -2.29. The predicted molar refractivity (Wildman–Crippen MR) is 122 cm³/mol. The summed E-state index contributed by atoms with van der Waals surface area (Å²) in [5.74, 6) is 0.242. The number of amides is 1. The van der Waals surface area contributed by atoms with E-state index in [4.69, 9.17) is 5.21 Å².